The molecule has 1 heterocycles. The van der Waals surface area contributed by atoms with Crippen LogP contribution in [0, 0.1) is 0 Å². The highest BCUT2D eigenvalue weighted by Gasteiger charge is 2.34. The average Bonchev–Trinajstić information content (AvgIpc) is 3.06. The highest BCUT2D eigenvalue weighted by atomic mass is 32.2. The Morgan fingerprint density at radius 3 is 2.80 bits per heavy atom. The zero-order valence-corrected chi connectivity index (χ0v) is 15.3. The third-order valence-electron chi connectivity index (χ3n) is 3.32. The normalized spacial score (nSPS) is 13.2. The van der Waals surface area contributed by atoms with Gasteiger partial charge in [0.1, 0.15) is 0 Å². The number of amides is 1. The van der Waals surface area contributed by atoms with Gasteiger partial charge in [0.2, 0.25) is 5.91 Å². The zero-order valence-electron chi connectivity index (χ0n) is 13.6. The predicted molar refractivity (Wildman–Crippen MR) is 96.8 cm³/mol. The Bertz CT molecular complexity index is 743. The second-order valence-corrected chi connectivity index (χ2v) is 7.51. The van der Waals surface area contributed by atoms with Crippen molar-refractivity contribution in [3.8, 4) is 0 Å². The second kappa shape index (κ2) is 8.53. The molecule has 2 aromatic rings. The Morgan fingerprint density at radius 2 is 2.20 bits per heavy atom. The van der Waals surface area contributed by atoms with Gasteiger partial charge in [-0.25, -0.2) is 4.98 Å². The maximum absolute atomic E-state index is 13.3. The minimum Gasteiger partial charge on any atom is -0.322 e. The Labute approximate surface area is 152 Å². The molecule has 0 saturated carbocycles. The number of alkyl halides is 3. The van der Waals surface area contributed by atoms with Crippen molar-refractivity contribution in [1.29, 1.82) is 0 Å². The number of benzene rings is 1. The lowest BCUT2D eigenvalue weighted by Crippen LogP contribution is -2.15. The van der Waals surface area contributed by atoms with Crippen LogP contribution in [0.1, 0.15) is 31.5 Å². The summed E-state index contributed by atoms with van der Waals surface area (Å²) in [6, 6.07) is 3.96. The summed E-state index contributed by atoms with van der Waals surface area (Å²) in [5, 5.41) is 4.23. The highest BCUT2D eigenvalue weighted by molar-refractivity contribution is 7.99. The summed E-state index contributed by atoms with van der Waals surface area (Å²) in [5.41, 5.74) is 1.08. The van der Waals surface area contributed by atoms with E-state index in [-0.39, 0.29) is 10.9 Å². The number of carbonyl (C=O) groups excluding carboxylic acids is 1. The number of nitrogens with zero attached hydrogens (tertiary/aromatic N) is 1. The van der Waals surface area contributed by atoms with Crippen LogP contribution in [0.15, 0.2) is 40.1 Å². The Balaban J connectivity index is 2.19. The van der Waals surface area contributed by atoms with Crippen molar-refractivity contribution >= 4 is 40.8 Å². The van der Waals surface area contributed by atoms with Crippen LogP contribution in [-0.4, -0.2) is 16.1 Å². The van der Waals surface area contributed by atoms with Crippen molar-refractivity contribution in [2.45, 2.75) is 36.6 Å². The highest BCUT2D eigenvalue weighted by Crippen LogP contribution is 2.38. The number of anilines is 1. The van der Waals surface area contributed by atoms with Crippen LogP contribution in [0.4, 0.5) is 18.9 Å². The molecule has 0 radical (unpaired) electrons. The van der Waals surface area contributed by atoms with Crippen LogP contribution in [0.3, 0.4) is 0 Å². The SMILES string of the molecule is CCC(C)Sc1ccc(NC(=O)/C=C/c2cscn2)c(C(F)(F)F)c1. The number of thioether (sulfide) groups is 1. The molecule has 25 heavy (non-hydrogen) atoms. The lowest BCUT2D eigenvalue weighted by molar-refractivity contribution is -0.137. The summed E-state index contributed by atoms with van der Waals surface area (Å²) in [6.07, 6.45) is -1.08. The number of hydrogen-bond donors (Lipinski definition) is 1. The quantitative estimate of drug-likeness (QED) is 0.511. The van der Waals surface area contributed by atoms with Gasteiger partial charge >= 0.3 is 6.18 Å². The first-order valence-electron chi connectivity index (χ1n) is 7.54. The molecule has 1 aromatic carbocycles. The van der Waals surface area contributed by atoms with E-state index in [1.165, 1.54) is 35.2 Å². The van der Waals surface area contributed by atoms with Crippen LogP contribution in [0.25, 0.3) is 6.08 Å². The first-order valence-corrected chi connectivity index (χ1v) is 9.37. The van der Waals surface area contributed by atoms with Gasteiger partial charge in [-0.05, 0) is 30.7 Å². The van der Waals surface area contributed by atoms with E-state index in [0.29, 0.717) is 10.6 Å². The number of aromatic nitrogens is 1. The Morgan fingerprint density at radius 1 is 1.44 bits per heavy atom. The number of hydrogen-bond acceptors (Lipinski definition) is 4. The summed E-state index contributed by atoms with van der Waals surface area (Å²) in [4.78, 5) is 16.4. The predicted octanol–water partition coefficient (Wildman–Crippen LogP) is 5.70. The van der Waals surface area contributed by atoms with Gasteiger partial charge in [0.15, 0.2) is 0 Å². The molecular weight excluding hydrogens is 369 g/mol. The summed E-state index contributed by atoms with van der Waals surface area (Å²) < 4.78 is 40.0. The topological polar surface area (TPSA) is 42.0 Å². The van der Waals surface area contributed by atoms with Gasteiger partial charge in [0.25, 0.3) is 0 Å². The van der Waals surface area contributed by atoms with E-state index >= 15 is 0 Å². The molecule has 0 fully saturated rings. The molecule has 0 aliphatic carbocycles. The molecule has 3 nitrogen and oxygen atoms in total. The van der Waals surface area contributed by atoms with Gasteiger partial charge in [-0.3, -0.25) is 4.79 Å². The zero-order chi connectivity index (χ0) is 18.4. The number of halogens is 3. The Kier molecular flexibility index (Phi) is 6.66. The fourth-order valence-corrected chi connectivity index (χ4v) is 3.38. The molecule has 134 valence electrons. The molecule has 2 rings (SSSR count). The minimum absolute atomic E-state index is 0.211. The molecule has 1 atom stereocenters. The minimum atomic E-state index is -4.55. The fourth-order valence-electron chi connectivity index (χ4n) is 1.90. The van der Waals surface area contributed by atoms with Crippen molar-refractivity contribution in [2.75, 3.05) is 5.32 Å². The number of carbonyl (C=O) groups is 1. The van der Waals surface area contributed by atoms with Crippen molar-refractivity contribution in [3.63, 3.8) is 0 Å². The van der Waals surface area contributed by atoms with Crippen LogP contribution in [0.2, 0.25) is 0 Å². The standard InChI is InChI=1S/C17H17F3N2OS2/c1-3-11(2)25-13-5-6-15(14(8-13)17(18,19)20)22-16(23)7-4-12-9-24-10-21-12/h4-11H,3H2,1-2H3,(H,22,23)/b7-4+. The van der Waals surface area contributed by atoms with Crippen LogP contribution < -0.4 is 5.32 Å². The molecule has 1 aromatic heterocycles. The molecular formula is C17H17F3N2OS2. The molecule has 0 saturated heterocycles. The van der Waals surface area contributed by atoms with Gasteiger partial charge in [0.05, 0.1) is 22.5 Å². The van der Waals surface area contributed by atoms with E-state index in [1.807, 2.05) is 13.8 Å². The first-order chi connectivity index (χ1) is 11.8. The van der Waals surface area contributed by atoms with Gasteiger partial charge in [-0.2, -0.15) is 13.2 Å². The first kappa shape index (κ1) is 19.5. The molecule has 0 aliphatic heterocycles. The smallest absolute Gasteiger partial charge is 0.322 e. The van der Waals surface area contributed by atoms with Gasteiger partial charge in [-0.1, -0.05) is 13.8 Å². The fraction of sp³-hybridized carbons (Fsp3) is 0.294. The monoisotopic (exact) mass is 386 g/mol. The molecule has 0 aliphatic rings. The van der Waals surface area contributed by atoms with E-state index in [9.17, 15) is 18.0 Å². The van der Waals surface area contributed by atoms with Crippen molar-refractivity contribution in [1.82, 2.24) is 4.98 Å². The van der Waals surface area contributed by atoms with Gasteiger partial charge in [-0.15, -0.1) is 23.1 Å². The van der Waals surface area contributed by atoms with E-state index in [2.05, 4.69) is 10.3 Å². The molecule has 1 N–H and O–H groups in total. The molecule has 1 unspecified atom stereocenters. The maximum Gasteiger partial charge on any atom is 0.418 e. The summed E-state index contributed by atoms with van der Waals surface area (Å²) >= 11 is 2.74. The van der Waals surface area contributed by atoms with Gasteiger partial charge < -0.3 is 5.32 Å². The molecule has 0 bridgehead atoms. The Hall–Kier alpha value is -1.80. The summed E-state index contributed by atoms with van der Waals surface area (Å²) in [7, 11) is 0. The molecule has 8 heteroatoms. The number of nitrogens with one attached hydrogen (secondary N) is 1. The van der Waals surface area contributed by atoms with E-state index < -0.39 is 17.6 Å². The third kappa shape index (κ3) is 5.89. The number of rotatable bonds is 6. The van der Waals surface area contributed by atoms with Gasteiger partial charge in [0, 0.05) is 21.6 Å². The summed E-state index contributed by atoms with van der Waals surface area (Å²) in [5.74, 6) is -0.638. The maximum atomic E-state index is 13.3. The van der Waals surface area contributed by atoms with Crippen molar-refractivity contribution < 1.29 is 18.0 Å². The lowest BCUT2D eigenvalue weighted by Gasteiger charge is -2.16. The lowest BCUT2D eigenvalue weighted by atomic mass is 10.1. The van der Waals surface area contributed by atoms with Crippen LogP contribution >= 0.6 is 23.1 Å². The summed E-state index contributed by atoms with van der Waals surface area (Å²) in [6.45, 7) is 3.93. The van der Waals surface area contributed by atoms with Crippen molar-refractivity contribution in [3.05, 3.63) is 46.4 Å². The van der Waals surface area contributed by atoms with E-state index in [0.717, 1.165) is 18.6 Å². The second-order valence-electron chi connectivity index (χ2n) is 5.28. The van der Waals surface area contributed by atoms with Crippen molar-refractivity contribution in [2.24, 2.45) is 0 Å². The van der Waals surface area contributed by atoms with E-state index in [4.69, 9.17) is 0 Å². The largest absolute Gasteiger partial charge is 0.418 e. The average molecular weight is 386 g/mol. The van der Waals surface area contributed by atoms with Crippen LogP contribution in [0.5, 0.6) is 0 Å². The molecule has 1 amide bonds. The van der Waals surface area contributed by atoms with Crippen LogP contribution in [-0.2, 0) is 11.0 Å². The third-order valence-corrected chi connectivity index (χ3v) is 5.19. The molecule has 0 spiro atoms. The number of thiazole rings is 1. The van der Waals surface area contributed by atoms with E-state index in [1.54, 1.807) is 17.0 Å².